The number of nitrogens with two attached hydrogens (primary N) is 1. The van der Waals surface area contributed by atoms with Crippen LogP contribution in [0.1, 0.15) is 24.6 Å². The van der Waals surface area contributed by atoms with Crippen molar-refractivity contribution in [3.05, 3.63) is 52.6 Å². The summed E-state index contributed by atoms with van der Waals surface area (Å²) in [6.07, 6.45) is -4.93. The van der Waals surface area contributed by atoms with Crippen LogP contribution in [0.3, 0.4) is 0 Å². The molecule has 0 aliphatic carbocycles. The van der Waals surface area contributed by atoms with Gasteiger partial charge < -0.3 is 41.0 Å². The van der Waals surface area contributed by atoms with E-state index in [2.05, 4.69) is 15.6 Å². The molecule has 0 spiro atoms. The van der Waals surface area contributed by atoms with Crippen molar-refractivity contribution in [2.45, 2.75) is 50.0 Å². The van der Waals surface area contributed by atoms with Crippen LogP contribution < -0.4 is 22.1 Å². The Morgan fingerprint density at radius 2 is 1.84 bits per heavy atom. The number of carbonyl (C=O) groups excluding carboxylic acids is 2. The van der Waals surface area contributed by atoms with E-state index in [9.17, 15) is 29.4 Å². The molecule has 3 rings (SSSR count). The molecule has 1 fully saturated rings. The highest BCUT2D eigenvalue weighted by atomic mass is 16.6. The zero-order chi connectivity index (χ0) is 27.1. The van der Waals surface area contributed by atoms with Crippen LogP contribution in [-0.4, -0.2) is 78.9 Å². The van der Waals surface area contributed by atoms with Crippen molar-refractivity contribution in [1.82, 2.24) is 9.55 Å². The standard InChI is InChI=1S/C22H27N5O10/c23-13(20(32)33)5-6-16(29)24-12-3-1-11(2-4-12)10-36-22(35)26-15-7-8-27(21(34)25-15)19-18(31)17(30)14(9-28)37-19/h1-4,7-8,13-14,17-19,28,30-31H,5-6,9-10,23H2,(H,24,29)(H,32,33)(H,25,26,34,35)/t13-,14+,17?,18+,19+/m0/s1. The number of anilines is 2. The van der Waals surface area contributed by atoms with Crippen LogP contribution in [0, 0.1) is 0 Å². The van der Waals surface area contributed by atoms with Crippen LogP contribution in [0.25, 0.3) is 0 Å². The smallest absolute Gasteiger partial charge is 0.413 e. The number of aromatic nitrogens is 2. The Kier molecular flexibility index (Phi) is 9.26. The van der Waals surface area contributed by atoms with Crippen molar-refractivity contribution in [3.8, 4) is 0 Å². The number of aliphatic hydroxyl groups is 3. The normalized spacial score (nSPS) is 21.7. The lowest BCUT2D eigenvalue weighted by Gasteiger charge is -2.17. The molecule has 1 unspecified atom stereocenters. The molecule has 5 atom stereocenters. The summed E-state index contributed by atoms with van der Waals surface area (Å²) in [6.45, 7) is -0.684. The van der Waals surface area contributed by atoms with Gasteiger partial charge in [0, 0.05) is 18.3 Å². The minimum Gasteiger partial charge on any atom is -0.480 e. The van der Waals surface area contributed by atoms with Gasteiger partial charge in [-0.15, -0.1) is 0 Å². The third kappa shape index (κ3) is 7.31. The molecular weight excluding hydrogens is 494 g/mol. The summed E-state index contributed by atoms with van der Waals surface area (Å²) >= 11 is 0. The number of aliphatic hydroxyl groups excluding tert-OH is 3. The van der Waals surface area contributed by atoms with Gasteiger partial charge in [-0.3, -0.25) is 19.5 Å². The van der Waals surface area contributed by atoms with Crippen molar-refractivity contribution >= 4 is 29.5 Å². The van der Waals surface area contributed by atoms with Crippen molar-refractivity contribution in [1.29, 1.82) is 0 Å². The number of nitrogens with one attached hydrogen (secondary N) is 2. The van der Waals surface area contributed by atoms with E-state index >= 15 is 0 Å². The van der Waals surface area contributed by atoms with Gasteiger partial charge in [0.25, 0.3) is 0 Å². The van der Waals surface area contributed by atoms with Gasteiger partial charge >= 0.3 is 17.8 Å². The lowest BCUT2D eigenvalue weighted by Crippen LogP contribution is -2.36. The highest BCUT2D eigenvalue weighted by Crippen LogP contribution is 2.28. The number of carboxylic acids is 1. The second-order valence-electron chi connectivity index (χ2n) is 8.16. The summed E-state index contributed by atoms with van der Waals surface area (Å²) in [7, 11) is 0. The molecule has 1 aliphatic rings. The number of nitrogens with zero attached hydrogens (tertiary/aromatic N) is 2. The molecule has 2 aromatic rings. The first-order valence-corrected chi connectivity index (χ1v) is 11.1. The predicted octanol–water partition coefficient (Wildman–Crippen LogP) is -1.27. The first kappa shape index (κ1) is 27.7. The summed E-state index contributed by atoms with van der Waals surface area (Å²) in [6, 6.07) is 6.50. The van der Waals surface area contributed by atoms with Gasteiger partial charge in [-0.05, 0) is 30.2 Å². The first-order valence-electron chi connectivity index (χ1n) is 11.1. The Hall–Kier alpha value is -3.89. The summed E-state index contributed by atoms with van der Waals surface area (Å²) in [5, 5.41) is 42.7. The molecule has 15 heteroatoms. The lowest BCUT2D eigenvalue weighted by atomic mass is 10.1. The van der Waals surface area contributed by atoms with E-state index in [1.807, 2.05) is 0 Å². The van der Waals surface area contributed by atoms with Crippen LogP contribution in [0.4, 0.5) is 16.3 Å². The molecule has 15 nitrogen and oxygen atoms in total. The molecule has 0 bridgehead atoms. The van der Waals surface area contributed by atoms with E-state index in [0.717, 1.165) is 4.57 Å². The molecule has 2 amide bonds. The minimum absolute atomic E-state index is 0.00404. The summed E-state index contributed by atoms with van der Waals surface area (Å²) < 4.78 is 11.3. The lowest BCUT2D eigenvalue weighted by molar-refractivity contribution is -0.138. The van der Waals surface area contributed by atoms with Gasteiger partial charge in [-0.25, -0.2) is 9.59 Å². The van der Waals surface area contributed by atoms with E-state index in [0.29, 0.717) is 11.3 Å². The van der Waals surface area contributed by atoms with Crippen molar-refractivity contribution in [3.63, 3.8) is 0 Å². The van der Waals surface area contributed by atoms with Crippen molar-refractivity contribution in [2.75, 3.05) is 17.2 Å². The van der Waals surface area contributed by atoms with Crippen LogP contribution >= 0.6 is 0 Å². The number of carbonyl (C=O) groups is 3. The highest BCUT2D eigenvalue weighted by Gasteiger charge is 2.43. The number of carboxylic acid groups (broad SMARTS) is 1. The number of benzene rings is 1. The first-order chi connectivity index (χ1) is 17.6. The van der Waals surface area contributed by atoms with E-state index in [1.165, 1.54) is 12.3 Å². The fourth-order valence-electron chi connectivity index (χ4n) is 3.39. The van der Waals surface area contributed by atoms with E-state index < -0.39 is 60.8 Å². The maximum Gasteiger partial charge on any atom is 0.413 e. The fraction of sp³-hybridized carbons (Fsp3) is 0.409. The zero-order valence-corrected chi connectivity index (χ0v) is 19.4. The molecular formula is C22H27N5O10. The average molecular weight is 521 g/mol. The molecule has 2 heterocycles. The van der Waals surface area contributed by atoms with Crippen LogP contribution in [-0.2, 0) is 25.7 Å². The van der Waals surface area contributed by atoms with Crippen LogP contribution in [0.15, 0.2) is 41.3 Å². The molecule has 1 saturated heterocycles. The van der Waals surface area contributed by atoms with E-state index in [1.54, 1.807) is 24.3 Å². The van der Waals surface area contributed by atoms with Crippen molar-refractivity contribution < 1.29 is 44.3 Å². The Bertz CT molecular complexity index is 1170. The van der Waals surface area contributed by atoms with Crippen molar-refractivity contribution in [2.24, 2.45) is 5.73 Å². The number of aliphatic carboxylic acids is 1. The maximum absolute atomic E-state index is 12.3. The van der Waals surface area contributed by atoms with Crippen LogP contribution in [0.5, 0.6) is 0 Å². The topological polar surface area (TPSA) is 236 Å². The van der Waals surface area contributed by atoms with E-state index in [4.69, 9.17) is 25.4 Å². The molecule has 8 N–H and O–H groups in total. The number of amides is 2. The van der Waals surface area contributed by atoms with Gasteiger partial charge in [0.1, 0.15) is 36.8 Å². The maximum atomic E-state index is 12.3. The summed E-state index contributed by atoms with van der Waals surface area (Å²) in [5.41, 5.74) is 5.54. The Labute approximate surface area is 209 Å². The largest absolute Gasteiger partial charge is 0.480 e. The van der Waals surface area contributed by atoms with E-state index in [-0.39, 0.29) is 25.3 Å². The highest BCUT2D eigenvalue weighted by molar-refractivity contribution is 5.91. The molecule has 1 aromatic heterocycles. The minimum atomic E-state index is -1.46. The summed E-state index contributed by atoms with van der Waals surface area (Å²) in [4.78, 5) is 50.7. The molecule has 0 radical (unpaired) electrons. The van der Waals surface area contributed by atoms with Gasteiger partial charge in [0.15, 0.2) is 6.23 Å². The molecule has 1 aromatic carbocycles. The molecule has 37 heavy (non-hydrogen) atoms. The number of hydrogen-bond donors (Lipinski definition) is 7. The quantitative estimate of drug-likeness (QED) is 0.194. The predicted molar refractivity (Wildman–Crippen MR) is 125 cm³/mol. The number of hydrogen-bond acceptors (Lipinski definition) is 11. The zero-order valence-electron chi connectivity index (χ0n) is 19.4. The van der Waals surface area contributed by atoms with Gasteiger partial charge in [0.2, 0.25) is 5.91 Å². The fourth-order valence-corrected chi connectivity index (χ4v) is 3.39. The number of ether oxygens (including phenoxy) is 2. The average Bonchev–Trinajstić information content (AvgIpc) is 3.15. The SMILES string of the molecule is N[C@@H](CCC(=O)Nc1ccc(COC(=O)Nc2ccn([C@@H]3O[C@H](CO)C(O)[C@H]3O)c(=O)n2)cc1)C(=O)O. The molecule has 0 saturated carbocycles. The second kappa shape index (κ2) is 12.4. The Balaban J connectivity index is 1.48. The number of rotatable bonds is 10. The van der Waals surface area contributed by atoms with Gasteiger partial charge in [0.05, 0.1) is 6.61 Å². The van der Waals surface area contributed by atoms with Gasteiger partial charge in [-0.2, -0.15) is 4.98 Å². The molecule has 200 valence electrons. The monoisotopic (exact) mass is 521 g/mol. The van der Waals surface area contributed by atoms with Crippen LogP contribution in [0.2, 0.25) is 0 Å². The Morgan fingerprint density at radius 3 is 2.43 bits per heavy atom. The third-order valence-electron chi connectivity index (χ3n) is 5.46. The molecule has 1 aliphatic heterocycles. The van der Waals surface area contributed by atoms with Gasteiger partial charge in [-0.1, -0.05) is 12.1 Å². The second-order valence-corrected chi connectivity index (χ2v) is 8.16. The summed E-state index contributed by atoms with van der Waals surface area (Å²) in [5.74, 6) is -1.70. The third-order valence-corrected chi connectivity index (χ3v) is 5.46. The Morgan fingerprint density at radius 1 is 1.14 bits per heavy atom.